The lowest BCUT2D eigenvalue weighted by Crippen LogP contribution is -2.18. The average molecular weight is 184 g/mol. The first kappa shape index (κ1) is 12.7. The maximum absolute atomic E-state index is 5.69. The maximum Gasteiger partial charge on any atom is 0.0648 e. The van der Waals surface area contributed by atoms with Crippen LogP contribution in [0.2, 0.25) is 0 Å². The molecule has 0 aliphatic carbocycles. The highest BCUT2D eigenvalue weighted by Gasteiger charge is 2.12. The van der Waals surface area contributed by atoms with Crippen LogP contribution in [0.3, 0.4) is 0 Å². The van der Waals surface area contributed by atoms with Crippen molar-refractivity contribution in [2.45, 2.75) is 46.6 Å². The van der Waals surface area contributed by atoms with Gasteiger partial charge in [-0.15, -0.1) is 6.58 Å². The van der Waals surface area contributed by atoms with Crippen molar-refractivity contribution in [3.8, 4) is 0 Å². The predicted molar refractivity (Wildman–Crippen MR) is 58.8 cm³/mol. The van der Waals surface area contributed by atoms with Gasteiger partial charge in [-0.1, -0.05) is 33.8 Å². The van der Waals surface area contributed by atoms with Crippen molar-refractivity contribution < 1.29 is 4.74 Å². The highest BCUT2D eigenvalue weighted by atomic mass is 16.5. The van der Waals surface area contributed by atoms with Crippen molar-refractivity contribution in [1.82, 2.24) is 0 Å². The van der Waals surface area contributed by atoms with Crippen LogP contribution in [0.4, 0.5) is 0 Å². The molecule has 0 aromatic heterocycles. The Morgan fingerprint density at radius 2 is 1.54 bits per heavy atom. The van der Waals surface area contributed by atoms with E-state index < -0.39 is 0 Å². The van der Waals surface area contributed by atoms with E-state index in [4.69, 9.17) is 4.74 Å². The lowest BCUT2D eigenvalue weighted by atomic mass is 9.98. The molecule has 0 saturated carbocycles. The van der Waals surface area contributed by atoms with Gasteiger partial charge in [-0.3, -0.25) is 0 Å². The summed E-state index contributed by atoms with van der Waals surface area (Å²) >= 11 is 0. The van der Waals surface area contributed by atoms with Gasteiger partial charge < -0.3 is 4.74 Å². The summed E-state index contributed by atoms with van der Waals surface area (Å²) < 4.78 is 5.69. The molecule has 0 rings (SSSR count). The topological polar surface area (TPSA) is 9.23 Å². The zero-order chi connectivity index (χ0) is 10.3. The van der Waals surface area contributed by atoms with Gasteiger partial charge in [-0.2, -0.15) is 0 Å². The normalized spacial score (nSPS) is 11.6. The van der Waals surface area contributed by atoms with Gasteiger partial charge in [0.1, 0.15) is 0 Å². The molecule has 13 heavy (non-hydrogen) atoms. The third-order valence-electron chi connectivity index (χ3n) is 1.92. The van der Waals surface area contributed by atoms with Crippen molar-refractivity contribution in [2.24, 2.45) is 11.8 Å². The number of ether oxygens (including phenoxy) is 1. The molecular formula is C12H24O. The second kappa shape index (κ2) is 7.14. The predicted octanol–water partition coefficient (Wildman–Crippen LogP) is 3.65. The molecule has 0 radical (unpaired) electrons. The molecule has 0 aliphatic rings. The Morgan fingerprint density at radius 1 is 1.08 bits per heavy atom. The van der Waals surface area contributed by atoms with Crippen molar-refractivity contribution in [1.29, 1.82) is 0 Å². The molecule has 0 heterocycles. The SMILES string of the molecule is C=CCOC(CC(C)C)CC(C)C. The summed E-state index contributed by atoms with van der Waals surface area (Å²) in [6.45, 7) is 13.3. The molecule has 0 bridgehead atoms. The standard InChI is InChI=1S/C12H24O/c1-6-7-13-12(8-10(2)3)9-11(4)5/h6,10-12H,1,7-9H2,2-5H3. The first-order valence-electron chi connectivity index (χ1n) is 5.28. The second-order valence-corrected chi connectivity index (χ2v) is 4.50. The van der Waals surface area contributed by atoms with Crippen LogP contribution >= 0.6 is 0 Å². The lowest BCUT2D eigenvalue weighted by molar-refractivity contribution is 0.0435. The van der Waals surface area contributed by atoms with E-state index in [9.17, 15) is 0 Å². The van der Waals surface area contributed by atoms with Crippen LogP contribution in [-0.4, -0.2) is 12.7 Å². The van der Waals surface area contributed by atoms with Gasteiger partial charge in [0.05, 0.1) is 12.7 Å². The number of hydrogen-bond acceptors (Lipinski definition) is 1. The van der Waals surface area contributed by atoms with Crippen molar-refractivity contribution >= 4 is 0 Å². The van der Waals surface area contributed by atoms with E-state index in [2.05, 4.69) is 34.3 Å². The smallest absolute Gasteiger partial charge is 0.0648 e. The third kappa shape index (κ3) is 8.04. The van der Waals surface area contributed by atoms with Gasteiger partial charge in [-0.05, 0) is 24.7 Å². The van der Waals surface area contributed by atoms with E-state index in [-0.39, 0.29) is 0 Å². The molecule has 0 N–H and O–H groups in total. The fourth-order valence-electron chi connectivity index (χ4n) is 1.49. The van der Waals surface area contributed by atoms with E-state index in [1.807, 2.05) is 6.08 Å². The minimum Gasteiger partial charge on any atom is -0.374 e. The summed E-state index contributed by atoms with van der Waals surface area (Å²) in [7, 11) is 0. The summed E-state index contributed by atoms with van der Waals surface area (Å²) in [4.78, 5) is 0. The number of hydrogen-bond donors (Lipinski definition) is 0. The Morgan fingerprint density at radius 3 is 1.85 bits per heavy atom. The van der Waals surface area contributed by atoms with Gasteiger partial charge in [0.15, 0.2) is 0 Å². The Bertz CT molecular complexity index is 117. The van der Waals surface area contributed by atoms with Crippen LogP contribution in [0.25, 0.3) is 0 Å². The van der Waals surface area contributed by atoms with E-state index in [0.29, 0.717) is 24.5 Å². The van der Waals surface area contributed by atoms with Gasteiger partial charge in [-0.25, -0.2) is 0 Å². The fourth-order valence-corrected chi connectivity index (χ4v) is 1.49. The lowest BCUT2D eigenvalue weighted by Gasteiger charge is -2.20. The summed E-state index contributed by atoms with van der Waals surface area (Å²) in [5, 5.41) is 0. The molecule has 0 unspecified atom stereocenters. The minimum absolute atomic E-state index is 0.415. The van der Waals surface area contributed by atoms with Gasteiger partial charge in [0.25, 0.3) is 0 Å². The van der Waals surface area contributed by atoms with Crippen LogP contribution in [0, 0.1) is 11.8 Å². The van der Waals surface area contributed by atoms with Gasteiger partial charge in [0.2, 0.25) is 0 Å². The van der Waals surface area contributed by atoms with Crippen LogP contribution in [0.5, 0.6) is 0 Å². The zero-order valence-electron chi connectivity index (χ0n) is 9.55. The monoisotopic (exact) mass is 184 g/mol. The van der Waals surface area contributed by atoms with Crippen LogP contribution < -0.4 is 0 Å². The summed E-state index contributed by atoms with van der Waals surface area (Å²) in [5.74, 6) is 1.43. The Labute approximate surface area is 83.2 Å². The van der Waals surface area contributed by atoms with Gasteiger partial charge in [0, 0.05) is 0 Å². The Hall–Kier alpha value is -0.300. The molecule has 0 aromatic rings. The minimum atomic E-state index is 0.415. The van der Waals surface area contributed by atoms with E-state index >= 15 is 0 Å². The van der Waals surface area contributed by atoms with E-state index in [1.54, 1.807) is 0 Å². The molecule has 78 valence electrons. The molecule has 0 aromatic carbocycles. The maximum atomic E-state index is 5.69. The van der Waals surface area contributed by atoms with E-state index in [0.717, 1.165) is 12.8 Å². The molecular weight excluding hydrogens is 160 g/mol. The fraction of sp³-hybridized carbons (Fsp3) is 0.833. The molecule has 0 atom stereocenters. The highest BCUT2D eigenvalue weighted by Crippen LogP contribution is 2.16. The Balaban J connectivity index is 3.79. The second-order valence-electron chi connectivity index (χ2n) is 4.50. The molecule has 0 amide bonds. The molecule has 0 aliphatic heterocycles. The summed E-state index contributed by atoms with van der Waals surface area (Å²) in [6.07, 6.45) is 4.56. The average Bonchev–Trinajstić information content (AvgIpc) is 1.98. The number of rotatable bonds is 7. The Kier molecular flexibility index (Phi) is 6.97. The highest BCUT2D eigenvalue weighted by molar-refractivity contribution is 4.69. The van der Waals surface area contributed by atoms with Crippen LogP contribution in [0.15, 0.2) is 12.7 Å². The van der Waals surface area contributed by atoms with Gasteiger partial charge >= 0.3 is 0 Å². The van der Waals surface area contributed by atoms with E-state index in [1.165, 1.54) is 0 Å². The molecule has 1 heteroatoms. The molecule has 1 nitrogen and oxygen atoms in total. The first-order chi connectivity index (χ1) is 6.06. The largest absolute Gasteiger partial charge is 0.374 e. The molecule has 0 fully saturated rings. The van der Waals surface area contributed by atoms with Crippen molar-refractivity contribution in [3.05, 3.63) is 12.7 Å². The molecule has 0 saturated heterocycles. The van der Waals surface area contributed by atoms with Crippen molar-refractivity contribution in [2.75, 3.05) is 6.61 Å². The first-order valence-corrected chi connectivity index (χ1v) is 5.28. The van der Waals surface area contributed by atoms with Crippen LogP contribution in [0.1, 0.15) is 40.5 Å². The third-order valence-corrected chi connectivity index (χ3v) is 1.92. The summed E-state index contributed by atoms with van der Waals surface area (Å²) in [5.41, 5.74) is 0. The molecule has 0 spiro atoms. The van der Waals surface area contributed by atoms with Crippen molar-refractivity contribution in [3.63, 3.8) is 0 Å². The zero-order valence-corrected chi connectivity index (χ0v) is 9.55. The summed E-state index contributed by atoms with van der Waals surface area (Å²) in [6, 6.07) is 0. The quantitative estimate of drug-likeness (QED) is 0.549. The van der Waals surface area contributed by atoms with Crippen LogP contribution in [-0.2, 0) is 4.74 Å².